The Bertz CT molecular complexity index is 782. The van der Waals surface area contributed by atoms with E-state index in [-0.39, 0.29) is 59.9 Å². The van der Waals surface area contributed by atoms with Crippen LogP contribution in [0.15, 0.2) is 24.5 Å². The minimum absolute atomic E-state index is 0. The number of benzene rings is 1. The minimum Gasteiger partial charge on any atom is -0.384 e. The molecule has 0 aliphatic heterocycles. The van der Waals surface area contributed by atoms with Crippen molar-refractivity contribution in [1.82, 2.24) is 10.2 Å². The predicted molar refractivity (Wildman–Crippen MR) is 121 cm³/mol. The molecule has 0 saturated heterocycles. The molecule has 29 heavy (non-hydrogen) atoms. The van der Waals surface area contributed by atoms with Gasteiger partial charge in [0.25, 0.3) is 0 Å². The SMILES string of the molecule is Cl.Cl.Cl.NCCCNc1ccc(NCCCN)c2c1C(=O)c1cnncc1C2=O. The van der Waals surface area contributed by atoms with Crippen LogP contribution in [0.4, 0.5) is 11.4 Å². The molecule has 1 aliphatic carbocycles. The van der Waals surface area contributed by atoms with Crippen LogP contribution in [0.5, 0.6) is 0 Å². The molecule has 8 nitrogen and oxygen atoms in total. The van der Waals surface area contributed by atoms with Gasteiger partial charge in [-0.1, -0.05) is 0 Å². The van der Waals surface area contributed by atoms with Crippen molar-refractivity contribution in [3.63, 3.8) is 0 Å². The first-order chi connectivity index (χ1) is 12.7. The normalized spacial score (nSPS) is 11.2. The summed E-state index contributed by atoms with van der Waals surface area (Å²) in [7, 11) is 0. The largest absolute Gasteiger partial charge is 0.384 e. The molecule has 11 heteroatoms. The maximum Gasteiger partial charge on any atom is 0.198 e. The average Bonchev–Trinajstić information content (AvgIpc) is 2.67. The Balaban J connectivity index is 0.00000261. The summed E-state index contributed by atoms with van der Waals surface area (Å²) in [5, 5.41) is 13.9. The van der Waals surface area contributed by atoms with Gasteiger partial charge in [-0.2, -0.15) is 10.2 Å². The van der Waals surface area contributed by atoms with Gasteiger partial charge < -0.3 is 22.1 Å². The predicted octanol–water partition coefficient (Wildman–Crippen LogP) is 2.04. The van der Waals surface area contributed by atoms with Crippen LogP contribution in [0, 0.1) is 0 Å². The highest BCUT2D eigenvalue weighted by Crippen LogP contribution is 2.36. The number of nitrogens with zero attached hydrogens (tertiary/aromatic N) is 2. The van der Waals surface area contributed by atoms with E-state index in [1.54, 1.807) is 0 Å². The standard InChI is InChI=1S/C18H22N6O2.3ClH/c19-5-1-7-21-13-3-4-14(22-8-2-6-20)16-15(13)17(25)11-9-23-24-10-12(11)18(16)26;;;/h3-4,9-10,21-22H,1-2,5-8,19-20H2;3*1H. The van der Waals surface area contributed by atoms with Crippen molar-refractivity contribution in [2.75, 3.05) is 36.8 Å². The second-order valence-corrected chi connectivity index (χ2v) is 6.02. The molecule has 1 aliphatic rings. The third-order valence-electron chi connectivity index (χ3n) is 4.27. The fourth-order valence-electron chi connectivity index (χ4n) is 2.97. The molecule has 6 N–H and O–H groups in total. The van der Waals surface area contributed by atoms with Gasteiger partial charge in [0.05, 0.1) is 34.6 Å². The number of rotatable bonds is 8. The van der Waals surface area contributed by atoms with Gasteiger partial charge >= 0.3 is 0 Å². The number of halogens is 3. The summed E-state index contributed by atoms with van der Waals surface area (Å²) in [4.78, 5) is 26.1. The van der Waals surface area contributed by atoms with E-state index in [4.69, 9.17) is 11.5 Å². The highest BCUT2D eigenvalue weighted by atomic mass is 35.5. The summed E-state index contributed by atoms with van der Waals surface area (Å²) in [6.45, 7) is 2.32. The van der Waals surface area contributed by atoms with Crippen LogP contribution in [-0.4, -0.2) is 47.9 Å². The van der Waals surface area contributed by atoms with Crippen molar-refractivity contribution in [2.24, 2.45) is 11.5 Å². The Morgan fingerprint density at radius 2 is 1.10 bits per heavy atom. The topological polar surface area (TPSA) is 136 Å². The molecule has 1 aromatic heterocycles. The van der Waals surface area contributed by atoms with E-state index in [1.165, 1.54) is 12.4 Å². The Hall–Kier alpha value is -1.97. The molecule has 3 rings (SSSR count). The summed E-state index contributed by atoms with van der Waals surface area (Å²) >= 11 is 0. The monoisotopic (exact) mass is 462 g/mol. The summed E-state index contributed by atoms with van der Waals surface area (Å²) in [5.74, 6) is -0.468. The first-order valence-corrected chi connectivity index (χ1v) is 8.64. The number of carbonyl (C=O) groups is 2. The molecule has 0 spiro atoms. The fourth-order valence-corrected chi connectivity index (χ4v) is 2.97. The van der Waals surface area contributed by atoms with E-state index in [2.05, 4.69) is 20.8 Å². The van der Waals surface area contributed by atoms with Gasteiger partial charge in [0.2, 0.25) is 0 Å². The number of anilines is 2. The molecule has 0 atom stereocenters. The average molecular weight is 464 g/mol. The molecule has 0 radical (unpaired) electrons. The number of fused-ring (bicyclic) bond motifs is 2. The van der Waals surface area contributed by atoms with Gasteiger partial charge in [0.1, 0.15) is 0 Å². The van der Waals surface area contributed by atoms with E-state index in [0.29, 0.717) is 48.7 Å². The second-order valence-electron chi connectivity index (χ2n) is 6.02. The highest BCUT2D eigenvalue weighted by Gasteiger charge is 2.34. The molecular formula is C18H25Cl3N6O2. The van der Waals surface area contributed by atoms with Crippen molar-refractivity contribution >= 4 is 60.2 Å². The molecular weight excluding hydrogens is 439 g/mol. The van der Waals surface area contributed by atoms with Gasteiger partial charge in [0, 0.05) is 24.5 Å². The first kappa shape index (κ1) is 27.0. The third kappa shape index (κ3) is 5.55. The summed E-state index contributed by atoms with van der Waals surface area (Å²) in [6.07, 6.45) is 4.21. The number of carbonyl (C=O) groups excluding carboxylic acids is 2. The van der Waals surface area contributed by atoms with Crippen molar-refractivity contribution in [2.45, 2.75) is 12.8 Å². The van der Waals surface area contributed by atoms with E-state index in [9.17, 15) is 9.59 Å². The van der Waals surface area contributed by atoms with Gasteiger partial charge in [-0.05, 0) is 38.1 Å². The quantitative estimate of drug-likeness (QED) is 0.373. The Morgan fingerprint density at radius 1 is 0.724 bits per heavy atom. The number of ketones is 2. The van der Waals surface area contributed by atoms with Crippen LogP contribution in [0.3, 0.4) is 0 Å². The van der Waals surface area contributed by atoms with Gasteiger partial charge in [0.15, 0.2) is 11.6 Å². The highest BCUT2D eigenvalue weighted by molar-refractivity contribution is 6.31. The van der Waals surface area contributed by atoms with Crippen molar-refractivity contribution in [3.05, 3.63) is 46.8 Å². The van der Waals surface area contributed by atoms with Gasteiger partial charge in [-0.15, -0.1) is 37.2 Å². The number of nitrogens with one attached hydrogen (secondary N) is 2. The number of aromatic nitrogens is 2. The minimum atomic E-state index is -0.234. The Labute approximate surface area is 187 Å². The van der Waals surface area contributed by atoms with E-state index < -0.39 is 0 Å². The van der Waals surface area contributed by atoms with Crippen LogP contribution in [0.25, 0.3) is 0 Å². The molecule has 0 saturated carbocycles. The zero-order valence-electron chi connectivity index (χ0n) is 15.6. The lowest BCUT2D eigenvalue weighted by Crippen LogP contribution is -2.25. The van der Waals surface area contributed by atoms with Crippen LogP contribution < -0.4 is 22.1 Å². The smallest absolute Gasteiger partial charge is 0.198 e. The maximum atomic E-state index is 13.1. The molecule has 1 aromatic carbocycles. The van der Waals surface area contributed by atoms with Crippen LogP contribution >= 0.6 is 37.2 Å². The summed E-state index contributed by atoms with van der Waals surface area (Å²) < 4.78 is 0. The molecule has 0 amide bonds. The molecule has 1 heterocycles. The second kappa shape index (κ2) is 12.6. The Morgan fingerprint density at radius 3 is 1.45 bits per heavy atom. The lowest BCUT2D eigenvalue weighted by Gasteiger charge is -2.23. The number of hydrogen-bond acceptors (Lipinski definition) is 8. The Kier molecular flexibility index (Phi) is 11.7. The maximum absolute atomic E-state index is 13.1. The number of hydrogen-bond donors (Lipinski definition) is 4. The summed E-state index contributed by atoms with van der Waals surface area (Å²) in [6, 6.07) is 3.62. The molecule has 160 valence electrons. The molecule has 0 bridgehead atoms. The van der Waals surface area contributed by atoms with Crippen LogP contribution in [-0.2, 0) is 0 Å². The molecule has 0 fully saturated rings. The van der Waals surface area contributed by atoms with Crippen molar-refractivity contribution in [1.29, 1.82) is 0 Å². The van der Waals surface area contributed by atoms with Crippen molar-refractivity contribution < 1.29 is 9.59 Å². The van der Waals surface area contributed by atoms with Crippen LogP contribution in [0.2, 0.25) is 0 Å². The molecule has 2 aromatic rings. The third-order valence-corrected chi connectivity index (χ3v) is 4.27. The van der Waals surface area contributed by atoms with E-state index in [1.807, 2.05) is 12.1 Å². The van der Waals surface area contributed by atoms with Crippen molar-refractivity contribution in [3.8, 4) is 0 Å². The lowest BCUT2D eigenvalue weighted by atomic mass is 9.83. The zero-order chi connectivity index (χ0) is 18.5. The summed E-state index contributed by atoms with van der Waals surface area (Å²) in [5.41, 5.74) is 13.6. The number of nitrogens with two attached hydrogens (primary N) is 2. The van der Waals surface area contributed by atoms with Gasteiger partial charge in [-0.25, -0.2) is 0 Å². The van der Waals surface area contributed by atoms with Gasteiger partial charge in [-0.3, -0.25) is 9.59 Å². The van der Waals surface area contributed by atoms with E-state index >= 15 is 0 Å². The zero-order valence-corrected chi connectivity index (χ0v) is 18.1. The fraction of sp³-hybridized carbons (Fsp3) is 0.333. The molecule has 0 unspecified atom stereocenters. The van der Waals surface area contributed by atoms with Crippen LogP contribution in [0.1, 0.15) is 44.7 Å². The van der Waals surface area contributed by atoms with E-state index in [0.717, 1.165) is 12.8 Å². The lowest BCUT2D eigenvalue weighted by molar-refractivity contribution is 0.0979. The first-order valence-electron chi connectivity index (χ1n) is 8.64.